The molecule has 0 fully saturated rings. The number of rotatable bonds is 5. The second-order valence-electron chi connectivity index (χ2n) is 4.06. The monoisotopic (exact) mass is 352 g/mol. The number of hydrogen-bond acceptors (Lipinski definition) is 3. The second-order valence-corrected chi connectivity index (χ2v) is 5.93. The normalized spacial score (nSPS) is 10.3. The summed E-state index contributed by atoms with van der Waals surface area (Å²) in [5.41, 5.74) is 1.20. The van der Waals surface area contributed by atoms with E-state index in [1.54, 1.807) is 23.9 Å². The van der Waals surface area contributed by atoms with Crippen molar-refractivity contribution in [2.24, 2.45) is 0 Å². The fourth-order valence-electron chi connectivity index (χ4n) is 1.72. The number of halogens is 1. The molecule has 0 aliphatic rings. The van der Waals surface area contributed by atoms with E-state index < -0.39 is 5.97 Å². The summed E-state index contributed by atoms with van der Waals surface area (Å²) in [5, 5.41) is 9.04. The summed E-state index contributed by atoms with van der Waals surface area (Å²) in [5.74, 6) is 0.161. The van der Waals surface area contributed by atoms with E-state index in [0.29, 0.717) is 5.75 Å². The van der Waals surface area contributed by atoms with Crippen LogP contribution in [0.15, 0.2) is 51.8 Å². The van der Waals surface area contributed by atoms with Crippen LogP contribution in [0.3, 0.4) is 0 Å². The first kappa shape index (κ1) is 14.9. The van der Waals surface area contributed by atoms with Crippen LogP contribution in [0, 0.1) is 0 Å². The number of hydrogen-bond donors (Lipinski definition) is 1. The lowest BCUT2D eigenvalue weighted by Crippen LogP contribution is -2.00. The first-order valence-electron chi connectivity index (χ1n) is 5.89. The highest BCUT2D eigenvalue weighted by molar-refractivity contribution is 9.10. The minimum absolute atomic E-state index is 0.183. The molecular weight excluding hydrogens is 340 g/mol. The lowest BCUT2D eigenvalue weighted by atomic mass is 10.1. The zero-order chi connectivity index (χ0) is 14.5. The molecule has 20 heavy (non-hydrogen) atoms. The molecule has 1 N–H and O–H groups in total. The number of aromatic carboxylic acids is 1. The maximum Gasteiger partial charge on any atom is 0.339 e. The average Bonchev–Trinajstić information content (AvgIpc) is 2.46. The van der Waals surface area contributed by atoms with Crippen molar-refractivity contribution in [1.82, 2.24) is 0 Å². The molecule has 104 valence electrons. The minimum atomic E-state index is -0.980. The number of thioether (sulfide) groups is 1. The van der Waals surface area contributed by atoms with Gasteiger partial charge in [0.25, 0.3) is 0 Å². The highest BCUT2D eigenvalue weighted by atomic mass is 79.9. The largest absolute Gasteiger partial charge is 0.496 e. The molecule has 0 saturated heterocycles. The minimum Gasteiger partial charge on any atom is -0.496 e. The highest BCUT2D eigenvalue weighted by Gasteiger charge is 2.11. The van der Waals surface area contributed by atoms with Gasteiger partial charge in [0, 0.05) is 15.1 Å². The van der Waals surface area contributed by atoms with E-state index in [-0.39, 0.29) is 5.56 Å². The molecule has 0 saturated carbocycles. The van der Waals surface area contributed by atoms with Gasteiger partial charge in [0.2, 0.25) is 0 Å². The summed E-state index contributed by atoms with van der Waals surface area (Å²) < 4.78 is 6.18. The number of carbonyl (C=O) groups is 1. The standard InChI is InChI=1S/C15H13BrO3S/c1-19-13-8-10(6-7-11(13)15(17)18)9-20-14-5-3-2-4-12(14)16/h2-8H,9H2,1H3,(H,17,18). The molecule has 2 aromatic carbocycles. The third kappa shape index (κ3) is 3.55. The number of ether oxygens (including phenoxy) is 1. The Bertz CT molecular complexity index is 628. The van der Waals surface area contributed by atoms with Crippen LogP contribution in [-0.2, 0) is 5.75 Å². The highest BCUT2D eigenvalue weighted by Crippen LogP contribution is 2.31. The van der Waals surface area contributed by atoms with E-state index in [1.165, 1.54) is 7.11 Å². The van der Waals surface area contributed by atoms with E-state index in [0.717, 1.165) is 20.7 Å². The Balaban J connectivity index is 2.15. The number of carboxylic acid groups (broad SMARTS) is 1. The maximum absolute atomic E-state index is 11.0. The van der Waals surface area contributed by atoms with Gasteiger partial charge in [-0.2, -0.15) is 0 Å². The molecule has 0 aliphatic heterocycles. The topological polar surface area (TPSA) is 46.5 Å². The van der Waals surface area contributed by atoms with Gasteiger partial charge in [-0.1, -0.05) is 18.2 Å². The second kappa shape index (κ2) is 6.81. The molecule has 0 heterocycles. The lowest BCUT2D eigenvalue weighted by Gasteiger charge is -2.08. The Morgan fingerprint density at radius 1 is 1.30 bits per heavy atom. The molecule has 0 spiro atoms. The predicted octanol–water partition coefficient (Wildman–Crippen LogP) is 4.45. The molecule has 5 heteroatoms. The van der Waals surface area contributed by atoms with Crippen LogP contribution in [0.5, 0.6) is 5.75 Å². The Morgan fingerprint density at radius 2 is 2.05 bits per heavy atom. The predicted molar refractivity (Wildman–Crippen MR) is 83.7 cm³/mol. The molecule has 0 aromatic heterocycles. The molecule has 0 unspecified atom stereocenters. The molecule has 2 aromatic rings. The molecule has 0 radical (unpaired) electrons. The van der Waals surface area contributed by atoms with Crippen molar-refractivity contribution in [2.45, 2.75) is 10.6 Å². The smallest absolute Gasteiger partial charge is 0.339 e. The molecule has 0 aliphatic carbocycles. The molecule has 0 atom stereocenters. The molecule has 3 nitrogen and oxygen atoms in total. The van der Waals surface area contributed by atoms with E-state index in [1.807, 2.05) is 30.3 Å². The van der Waals surface area contributed by atoms with E-state index in [9.17, 15) is 4.79 Å². The molecule has 0 amide bonds. The van der Waals surface area contributed by atoms with Crippen LogP contribution in [-0.4, -0.2) is 18.2 Å². The molecule has 2 rings (SSSR count). The third-order valence-electron chi connectivity index (χ3n) is 2.73. The average molecular weight is 353 g/mol. The van der Waals surface area contributed by atoms with Crippen molar-refractivity contribution in [3.05, 3.63) is 58.1 Å². The van der Waals surface area contributed by atoms with Crippen LogP contribution >= 0.6 is 27.7 Å². The van der Waals surface area contributed by atoms with Gasteiger partial charge >= 0.3 is 5.97 Å². The van der Waals surface area contributed by atoms with Crippen molar-refractivity contribution in [3.63, 3.8) is 0 Å². The van der Waals surface area contributed by atoms with Gasteiger partial charge in [-0.05, 0) is 45.8 Å². The van der Waals surface area contributed by atoms with Crippen LogP contribution < -0.4 is 4.74 Å². The van der Waals surface area contributed by atoms with Gasteiger partial charge in [0.15, 0.2) is 0 Å². The first-order valence-corrected chi connectivity index (χ1v) is 7.67. The van der Waals surface area contributed by atoms with Gasteiger partial charge in [-0.25, -0.2) is 4.79 Å². The number of carboxylic acids is 1. The van der Waals surface area contributed by atoms with Crippen molar-refractivity contribution >= 4 is 33.7 Å². The zero-order valence-corrected chi connectivity index (χ0v) is 13.2. The fraction of sp³-hybridized carbons (Fsp3) is 0.133. The van der Waals surface area contributed by atoms with E-state index in [2.05, 4.69) is 15.9 Å². The number of methoxy groups -OCH3 is 1. The Kier molecular flexibility index (Phi) is 5.09. The van der Waals surface area contributed by atoms with Gasteiger partial charge < -0.3 is 9.84 Å². The van der Waals surface area contributed by atoms with Crippen molar-refractivity contribution in [1.29, 1.82) is 0 Å². The molecule has 0 bridgehead atoms. The Labute approximate surface area is 130 Å². The summed E-state index contributed by atoms with van der Waals surface area (Å²) in [4.78, 5) is 12.2. The summed E-state index contributed by atoms with van der Waals surface area (Å²) in [6.45, 7) is 0. The Hall–Kier alpha value is -1.46. The van der Waals surface area contributed by atoms with Crippen LogP contribution in [0.1, 0.15) is 15.9 Å². The summed E-state index contributed by atoms with van der Waals surface area (Å²) in [7, 11) is 1.48. The van der Waals surface area contributed by atoms with E-state index in [4.69, 9.17) is 9.84 Å². The fourth-order valence-corrected chi connectivity index (χ4v) is 3.24. The molecular formula is C15H13BrO3S. The zero-order valence-electron chi connectivity index (χ0n) is 10.8. The van der Waals surface area contributed by atoms with Crippen molar-refractivity contribution in [2.75, 3.05) is 7.11 Å². The summed E-state index contributed by atoms with van der Waals surface area (Å²) in [6.07, 6.45) is 0. The maximum atomic E-state index is 11.0. The van der Waals surface area contributed by atoms with Crippen molar-refractivity contribution in [3.8, 4) is 5.75 Å². The van der Waals surface area contributed by atoms with Crippen LogP contribution in [0.2, 0.25) is 0 Å². The Morgan fingerprint density at radius 3 is 2.70 bits per heavy atom. The lowest BCUT2D eigenvalue weighted by molar-refractivity contribution is 0.0693. The summed E-state index contributed by atoms with van der Waals surface area (Å²) in [6, 6.07) is 13.2. The van der Waals surface area contributed by atoms with Gasteiger partial charge in [-0.3, -0.25) is 0 Å². The SMILES string of the molecule is COc1cc(CSc2ccccc2Br)ccc1C(=O)O. The van der Waals surface area contributed by atoms with E-state index >= 15 is 0 Å². The van der Waals surface area contributed by atoms with Crippen LogP contribution in [0.25, 0.3) is 0 Å². The van der Waals surface area contributed by atoms with Gasteiger partial charge in [-0.15, -0.1) is 11.8 Å². The first-order chi connectivity index (χ1) is 9.61. The quantitative estimate of drug-likeness (QED) is 0.807. The van der Waals surface area contributed by atoms with Crippen LogP contribution in [0.4, 0.5) is 0 Å². The van der Waals surface area contributed by atoms with Crippen molar-refractivity contribution < 1.29 is 14.6 Å². The van der Waals surface area contributed by atoms with Gasteiger partial charge in [0.05, 0.1) is 7.11 Å². The summed E-state index contributed by atoms with van der Waals surface area (Å²) >= 11 is 5.19. The number of benzene rings is 2. The van der Waals surface area contributed by atoms with Gasteiger partial charge in [0.1, 0.15) is 11.3 Å². The third-order valence-corrected chi connectivity index (χ3v) is 4.83.